The zero-order valence-electron chi connectivity index (χ0n) is 13.0. The maximum atomic E-state index is 6.69. The van der Waals surface area contributed by atoms with E-state index < -0.39 is 0 Å². The Balaban J connectivity index is 1.97. The average Bonchev–Trinajstić information content (AvgIpc) is 2.54. The standard InChI is InChI=1S/C18H25N3/c1-18(2,21-10-6-3-7-11-21)17(19)16-13-20-12-14-8-4-5-9-15(14)16/h4-5,8-9,12-13,17H,3,6-7,10-11,19H2,1-2H3. The van der Waals surface area contributed by atoms with Gasteiger partial charge in [-0.25, -0.2) is 0 Å². The number of aromatic nitrogens is 1. The minimum Gasteiger partial charge on any atom is -0.322 e. The summed E-state index contributed by atoms with van der Waals surface area (Å²) in [4.78, 5) is 6.94. The molecule has 0 aliphatic carbocycles. The highest BCUT2D eigenvalue weighted by molar-refractivity contribution is 5.85. The molecule has 0 bridgehead atoms. The van der Waals surface area contributed by atoms with E-state index in [1.807, 2.05) is 12.4 Å². The fourth-order valence-electron chi connectivity index (χ4n) is 3.44. The molecule has 0 amide bonds. The third-order valence-corrected chi connectivity index (χ3v) is 4.97. The van der Waals surface area contributed by atoms with Crippen molar-refractivity contribution in [1.82, 2.24) is 9.88 Å². The zero-order valence-corrected chi connectivity index (χ0v) is 13.0. The maximum Gasteiger partial charge on any atom is 0.0498 e. The third kappa shape index (κ3) is 2.68. The molecule has 1 aromatic carbocycles. The van der Waals surface area contributed by atoms with Crippen LogP contribution in [0.4, 0.5) is 0 Å². The lowest BCUT2D eigenvalue weighted by molar-refractivity contribution is 0.0733. The molecule has 3 rings (SSSR count). The lowest BCUT2D eigenvalue weighted by atomic mass is 9.85. The van der Waals surface area contributed by atoms with Gasteiger partial charge < -0.3 is 5.73 Å². The van der Waals surface area contributed by atoms with Crippen molar-refractivity contribution in [2.75, 3.05) is 13.1 Å². The molecule has 0 radical (unpaired) electrons. The Hall–Kier alpha value is -1.45. The number of nitrogens with zero attached hydrogens (tertiary/aromatic N) is 2. The van der Waals surface area contributed by atoms with Gasteiger partial charge in [-0.1, -0.05) is 30.7 Å². The Morgan fingerprint density at radius 2 is 1.81 bits per heavy atom. The fourth-order valence-corrected chi connectivity index (χ4v) is 3.44. The van der Waals surface area contributed by atoms with Crippen LogP contribution in [0.25, 0.3) is 10.8 Å². The van der Waals surface area contributed by atoms with Crippen LogP contribution >= 0.6 is 0 Å². The summed E-state index contributed by atoms with van der Waals surface area (Å²) >= 11 is 0. The largest absolute Gasteiger partial charge is 0.322 e. The second-order valence-electron chi connectivity index (χ2n) is 6.63. The summed E-state index contributed by atoms with van der Waals surface area (Å²) < 4.78 is 0. The first-order valence-electron chi connectivity index (χ1n) is 7.94. The van der Waals surface area contributed by atoms with Gasteiger partial charge in [0.2, 0.25) is 0 Å². The molecule has 1 aliphatic heterocycles. The molecule has 0 spiro atoms. The molecule has 1 aromatic heterocycles. The quantitative estimate of drug-likeness (QED) is 0.937. The van der Waals surface area contributed by atoms with Crippen LogP contribution < -0.4 is 5.73 Å². The number of piperidine rings is 1. The summed E-state index contributed by atoms with van der Waals surface area (Å²) in [7, 11) is 0. The van der Waals surface area contributed by atoms with Crippen molar-refractivity contribution in [3.63, 3.8) is 0 Å². The van der Waals surface area contributed by atoms with Crippen molar-refractivity contribution in [1.29, 1.82) is 0 Å². The van der Waals surface area contributed by atoms with Gasteiger partial charge >= 0.3 is 0 Å². The van der Waals surface area contributed by atoms with Gasteiger partial charge in [0.1, 0.15) is 0 Å². The smallest absolute Gasteiger partial charge is 0.0498 e. The average molecular weight is 283 g/mol. The fraction of sp³-hybridized carbons (Fsp3) is 0.500. The number of nitrogens with two attached hydrogens (primary N) is 1. The summed E-state index contributed by atoms with van der Waals surface area (Å²) in [6, 6.07) is 8.35. The predicted octanol–water partition coefficient (Wildman–Crippen LogP) is 3.50. The van der Waals surface area contributed by atoms with Crippen LogP contribution in [0.2, 0.25) is 0 Å². The highest BCUT2D eigenvalue weighted by atomic mass is 15.2. The van der Waals surface area contributed by atoms with E-state index in [0.29, 0.717) is 0 Å². The van der Waals surface area contributed by atoms with Gasteiger partial charge in [0, 0.05) is 29.4 Å². The van der Waals surface area contributed by atoms with Gasteiger partial charge in [-0.15, -0.1) is 0 Å². The molecule has 1 aliphatic rings. The van der Waals surface area contributed by atoms with Crippen LogP contribution in [0.3, 0.4) is 0 Å². The minimum absolute atomic E-state index is 0.0331. The summed E-state index contributed by atoms with van der Waals surface area (Å²) in [6.07, 6.45) is 7.77. The van der Waals surface area contributed by atoms with E-state index in [2.05, 4.69) is 48.0 Å². The lowest BCUT2D eigenvalue weighted by Crippen LogP contribution is -2.53. The van der Waals surface area contributed by atoms with Crippen molar-refractivity contribution >= 4 is 10.8 Å². The Morgan fingerprint density at radius 3 is 2.57 bits per heavy atom. The number of hydrogen-bond donors (Lipinski definition) is 1. The van der Waals surface area contributed by atoms with E-state index in [1.165, 1.54) is 30.0 Å². The van der Waals surface area contributed by atoms with Crippen LogP contribution in [0, 0.1) is 0 Å². The number of fused-ring (bicyclic) bond motifs is 1. The molecule has 1 saturated heterocycles. The van der Waals surface area contributed by atoms with Gasteiger partial charge in [-0.05, 0) is 50.7 Å². The van der Waals surface area contributed by atoms with Gasteiger partial charge in [0.15, 0.2) is 0 Å². The van der Waals surface area contributed by atoms with E-state index in [9.17, 15) is 0 Å². The molecule has 3 heteroatoms. The molecular weight excluding hydrogens is 258 g/mol. The first-order chi connectivity index (χ1) is 10.1. The molecule has 0 saturated carbocycles. The second kappa shape index (κ2) is 5.74. The van der Waals surface area contributed by atoms with Crippen LogP contribution in [0.1, 0.15) is 44.7 Å². The van der Waals surface area contributed by atoms with Crippen LogP contribution in [-0.2, 0) is 0 Å². The molecule has 112 valence electrons. The van der Waals surface area contributed by atoms with E-state index in [-0.39, 0.29) is 11.6 Å². The SMILES string of the molecule is CC(C)(C(N)c1cncc2ccccc12)N1CCCCC1. The number of likely N-dealkylation sites (tertiary alicyclic amines) is 1. The molecule has 3 nitrogen and oxygen atoms in total. The topological polar surface area (TPSA) is 42.1 Å². The van der Waals surface area contributed by atoms with Crippen LogP contribution in [0.5, 0.6) is 0 Å². The number of hydrogen-bond acceptors (Lipinski definition) is 3. The minimum atomic E-state index is -0.0494. The predicted molar refractivity (Wildman–Crippen MR) is 88.2 cm³/mol. The molecule has 1 atom stereocenters. The van der Waals surface area contributed by atoms with E-state index >= 15 is 0 Å². The molecule has 2 N–H and O–H groups in total. The van der Waals surface area contributed by atoms with Crippen molar-refractivity contribution in [3.05, 3.63) is 42.2 Å². The maximum absolute atomic E-state index is 6.69. The van der Waals surface area contributed by atoms with Crippen molar-refractivity contribution in [3.8, 4) is 0 Å². The van der Waals surface area contributed by atoms with Gasteiger partial charge in [0.05, 0.1) is 0 Å². The summed E-state index contributed by atoms with van der Waals surface area (Å²) in [5, 5.41) is 2.39. The van der Waals surface area contributed by atoms with Crippen molar-refractivity contribution < 1.29 is 0 Å². The van der Waals surface area contributed by atoms with Crippen molar-refractivity contribution in [2.24, 2.45) is 5.73 Å². The molecular formula is C18H25N3. The van der Waals surface area contributed by atoms with Crippen LogP contribution in [0.15, 0.2) is 36.7 Å². The molecule has 1 fully saturated rings. The Bertz CT molecular complexity index is 609. The van der Waals surface area contributed by atoms with E-state index in [1.54, 1.807) is 0 Å². The third-order valence-electron chi connectivity index (χ3n) is 4.97. The summed E-state index contributed by atoms with van der Waals surface area (Å²) in [5.41, 5.74) is 7.79. The molecule has 1 unspecified atom stereocenters. The molecule has 2 heterocycles. The first-order valence-corrected chi connectivity index (χ1v) is 7.94. The lowest BCUT2D eigenvalue weighted by Gasteiger charge is -2.45. The monoisotopic (exact) mass is 283 g/mol. The number of benzene rings is 1. The normalized spacial score (nSPS) is 18.8. The molecule has 21 heavy (non-hydrogen) atoms. The Kier molecular flexibility index (Phi) is 3.96. The second-order valence-corrected chi connectivity index (χ2v) is 6.63. The van der Waals surface area contributed by atoms with Crippen LogP contribution in [-0.4, -0.2) is 28.5 Å². The summed E-state index contributed by atoms with van der Waals surface area (Å²) in [5.74, 6) is 0. The van der Waals surface area contributed by atoms with E-state index in [0.717, 1.165) is 18.7 Å². The Morgan fingerprint density at radius 1 is 1.10 bits per heavy atom. The van der Waals surface area contributed by atoms with Crippen molar-refractivity contribution in [2.45, 2.75) is 44.7 Å². The Labute approximate surface area is 127 Å². The summed E-state index contributed by atoms with van der Waals surface area (Å²) in [6.45, 7) is 6.84. The number of rotatable bonds is 3. The van der Waals surface area contributed by atoms with Gasteiger partial charge in [-0.3, -0.25) is 9.88 Å². The number of pyridine rings is 1. The van der Waals surface area contributed by atoms with Gasteiger partial charge in [0.25, 0.3) is 0 Å². The zero-order chi connectivity index (χ0) is 14.9. The van der Waals surface area contributed by atoms with E-state index in [4.69, 9.17) is 5.73 Å². The first kappa shape index (κ1) is 14.5. The highest BCUT2D eigenvalue weighted by Crippen LogP contribution is 2.34. The highest BCUT2D eigenvalue weighted by Gasteiger charge is 2.35. The van der Waals surface area contributed by atoms with Gasteiger partial charge in [-0.2, -0.15) is 0 Å². The molecule has 2 aromatic rings.